The fourth-order valence-electron chi connectivity index (χ4n) is 8.44. The van der Waals surface area contributed by atoms with E-state index in [1.165, 1.54) is 18.1 Å². The predicted octanol–water partition coefficient (Wildman–Crippen LogP) is 5.00. The molecule has 2 amide bonds. The number of carbonyl (C=O) groups excluding carboxylic acids is 4. The molecule has 1 aliphatic carbocycles. The Bertz CT molecular complexity index is 2430. The smallest absolute Gasteiger partial charge is 0.408 e. The number of carbonyl (C=O) groups is 4. The van der Waals surface area contributed by atoms with E-state index < -0.39 is 46.4 Å². The first-order chi connectivity index (χ1) is 27.5. The quantitative estimate of drug-likeness (QED) is 0.190. The summed E-state index contributed by atoms with van der Waals surface area (Å²) >= 11 is 0. The van der Waals surface area contributed by atoms with Crippen molar-refractivity contribution in [3.63, 3.8) is 0 Å². The van der Waals surface area contributed by atoms with E-state index in [-0.39, 0.29) is 60.7 Å². The number of halogens is 2. The highest BCUT2D eigenvalue weighted by Crippen LogP contribution is 2.52. The van der Waals surface area contributed by atoms with Crippen LogP contribution >= 0.6 is 0 Å². The Labute approximate surface area is 334 Å². The van der Waals surface area contributed by atoms with E-state index in [0.717, 1.165) is 25.6 Å². The maximum atomic E-state index is 16.4. The molecule has 2 saturated heterocycles. The number of amides is 2. The van der Waals surface area contributed by atoms with Gasteiger partial charge >= 0.3 is 12.1 Å². The maximum Gasteiger partial charge on any atom is 0.408 e. The summed E-state index contributed by atoms with van der Waals surface area (Å²) in [5, 5.41) is 2.57. The summed E-state index contributed by atoms with van der Waals surface area (Å²) in [4.78, 5) is 79.7. The molecule has 58 heavy (non-hydrogen) atoms. The van der Waals surface area contributed by atoms with Crippen molar-refractivity contribution in [2.24, 2.45) is 13.0 Å². The summed E-state index contributed by atoms with van der Waals surface area (Å²) < 4.78 is 44.1. The standard InChI is InChI=1S/C42H47F2N7O7/c1-8-57-40(55)28-20-49(6)39-26(38(28)54)13-23(16-46-39)27-18-45-30-14-25-31(50(7)33(53)10-9-24(52)17-47-41(56)58-42(2,3)4)15-29(43)36(44)34(25)35(30)37(27)51-12-11-22-19-48(5)21-32(22)51/h13,15-16,18,20,22,32H,8-12,14,17,19,21H2,1-7H3,(H,47,56)/t22-,32?/m0/s1. The van der Waals surface area contributed by atoms with Crippen LogP contribution in [-0.4, -0.2) is 102 Å². The normalized spacial score (nSPS) is 17.2. The number of aromatic nitrogens is 3. The number of ether oxygens (including phenoxy) is 2. The summed E-state index contributed by atoms with van der Waals surface area (Å²) in [6, 6.07) is 2.69. The minimum atomic E-state index is -1.16. The number of hydrogen-bond donors (Lipinski definition) is 1. The number of likely N-dealkylation sites (tertiary alicyclic amines) is 1. The lowest BCUT2D eigenvalue weighted by atomic mass is 9.96. The molecule has 0 spiro atoms. The Morgan fingerprint density at radius 1 is 1.03 bits per heavy atom. The first kappa shape index (κ1) is 40.4. The first-order valence-electron chi connectivity index (χ1n) is 19.4. The summed E-state index contributed by atoms with van der Waals surface area (Å²) in [6.07, 6.45) is 4.44. The molecule has 14 nitrogen and oxygen atoms in total. The molecule has 1 aromatic carbocycles. The van der Waals surface area contributed by atoms with Crippen molar-refractivity contribution >= 4 is 46.2 Å². The van der Waals surface area contributed by atoms with Crippen LogP contribution in [0.15, 0.2) is 35.5 Å². The van der Waals surface area contributed by atoms with Crippen LogP contribution in [0, 0.1) is 17.6 Å². The number of benzene rings is 1. The van der Waals surface area contributed by atoms with E-state index >= 15 is 8.78 Å². The number of Topliss-reactive ketones (excluding diaryl/α,β-unsaturated/α-hetero) is 1. The van der Waals surface area contributed by atoms with Gasteiger partial charge in [0.1, 0.15) is 16.8 Å². The highest BCUT2D eigenvalue weighted by atomic mass is 19.2. The van der Waals surface area contributed by atoms with Gasteiger partial charge in [-0.25, -0.2) is 23.4 Å². The van der Waals surface area contributed by atoms with Crippen molar-refractivity contribution in [2.45, 2.75) is 65.0 Å². The van der Waals surface area contributed by atoms with Gasteiger partial charge in [-0.1, -0.05) is 0 Å². The minimum absolute atomic E-state index is 0.00398. The number of likely N-dealkylation sites (N-methyl/N-ethyl adjacent to an activating group) is 1. The van der Waals surface area contributed by atoms with Gasteiger partial charge in [-0.3, -0.25) is 19.4 Å². The molecule has 1 N–H and O–H groups in total. The zero-order valence-corrected chi connectivity index (χ0v) is 33.7. The molecule has 3 aromatic heterocycles. The summed E-state index contributed by atoms with van der Waals surface area (Å²) in [5.41, 5.74) is 1.98. The summed E-state index contributed by atoms with van der Waals surface area (Å²) in [7, 11) is 5.18. The molecule has 5 heterocycles. The molecule has 3 aliphatic rings. The number of fused-ring (bicyclic) bond motifs is 5. The van der Waals surface area contributed by atoms with Gasteiger partial charge in [0.25, 0.3) is 0 Å². The van der Waals surface area contributed by atoms with E-state index in [1.807, 2.05) is 7.05 Å². The van der Waals surface area contributed by atoms with Crippen molar-refractivity contribution in [3.05, 3.63) is 69.4 Å². The molecule has 1 unspecified atom stereocenters. The Morgan fingerprint density at radius 2 is 1.79 bits per heavy atom. The number of rotatable bonds is 10. The van der Waals surface area contributed by atoms with Crippen molar-refractivity contribution in [3.8, 4) is 22.3 Å². The van der Waals surface area contributed by atoms with Crippen LogP contribution in [-0.2, 0) is 32.5 Å². The molecule has 0 saturated carbocycles. The van der Waals surface area contributed by atoms with Gasteiger partial charge < -0.3 is 34.1 Å². The van der Waals surface area contributed by atoms with Crippen LogP contribution < -0.4 is 20.5 Å². The molecule has 16 heteroatoms. The van der Waals surface area contributed by atoms with Crippen molar-refractivity contribution in [2.75, 3.05) is 56.7 Å². The number of alkyl carbamates (subject to hydrolysis) is 1. The topological polar surface area (TPSA) is 156 Å². The van der Waals surface area contributed by atoms with E-state index in [2.05, 4.69) is 20.1 Å². The lowest BCUT2D eigenvalue weighted by molar-refractivity contribution is -0.123. The second-order valence-corrected chi connectivity index (χ2v) is 16.2. The van der Waals surface area contributed by atoms with Crippen molar-refractivity contribution in [1.82, 2.24) is 24.8 Å². The lowest BCUT2D eigenvalue weighted by Gasteiger charge is -2.31. The van der Waals surface area contributed by atoms with Gasteiger partial charge in [-0.05, 0) is 58.7 Å². The first-order valence-corrected chi connectivity index (χ1v) is 19.4. The third kappa shape index (κ3) is 7.52. The van der Waals surface area contributed by atoms with Crippen LogP contribution in [0.25, 0.3) is 33.3 Å². The third-order valence-corrected chi connectivity index (χ3v) is 11.0. The maximum absolute atomic E-state index is 16.4. The molecule has 306 valence electrons. The average molecular weight is 800 g/mol. The number of hydrogen-bond acceptors (Lipinski definition) is 11. The molecular weight excluding hydrogens is 752 g/mol. The highest BCUT2D eigenvalue weighted by molar-refractivity contribution is 6.02. The predicted molar refractivity (Wildman–Crippen MR) is 213 cm³/mol. The van der Waals surface area contributed by atoms with Crippen LogP contribution in [0.4, 0.5) is 25.0 Å². The largest absolute Gasteiger partial charge is 0.462 e. The Morgan fingerprint density at radius 3 is 2.52 bits per heavy atom. The Balaban J connectivity index is 1.29. The van der Waals surface area contributed by atoms with Crippen LogP contribution in [0.1, 0.15) is 68.6 Å². The molecule has 7 rings (SSSR count). The van der Waals surface area contributed by atoms with E-state index in [9.17, 15) is 24.0 Å². The van der Waals surface area contributed by atoms with Gasteiger partial charge in [0.2, 0.25) is 11.3 Å². The second-order valence-electron chi connectivity index (χ2n) is 16.2. The van der Waals surface area contributed by atoms with Gasteiger partial charge in [0.15, 0.2) is 17.4 Å². The monoisotopic (exact) mass is 799 g/mol. The van der Waals surface area contributed by atoms with Crippen LogP contribution in [0.3, 0.4) is 0 Å². The number of anilines is 2. The third-order valence-electron chi connectivity index (χ3n) is 11.0. The lowest BCUT2D eigenvalue weighted by Crippen LogP contribution is -2.36. The SMILES string of the molecule is CCOC(=O)c1cn(C)c2ncc(-c3cnc4c(c3N3CC[C@H]5CN(C)CC53)-c3c(F)c(F)cc(N(C)C(=O)CCC(=O)CNC(=O)OC(C)(C)C)c3C4)cc2c1=O. The van der Waals surface area contributed by atoms with Gasteiger partial charge in [0, 0.05) is 106 Å². The fourth-order valence-corrected chi connectivity index (χ4v) is 8.44. The number of aryl methyl sites for hydroxylation is 1. The number of ketones is 1. The molecular formula is C42H47F2N7O7. The number of nitrogens with one attached hydrogen (secondary N) is 1. The van der Waals surface area contributed by atoms with Crippen molar-refractivity contribution < 1.29 is 37.4 Å². The Hall–Kier alpha value is -5.77. The van der Waals surface area contributed by atoms with E-state index in [4.69, 9.17) is 14.5 Å². The zero-order chi connectivity index (χ0) is 41.8. The summed E-state index contributed by atoms with van der Waals surface area (Å²) in [5.74, 6) is -3.57. The zero-order valence-electron chi connectivity index (χ0n) is 33.7. The molecule has 0 bridgehead atoms. The highest BCUT2D eigenvalue weighted by Gasteiger charge is 2.44. The number of nitrogens with zero attached hydrogens (tertiary/aromatic N) is 6. The van der Waals surface area contributed by atoms with Gasteiger partial charge in [-0.2, -0.15) is 0 Å². The fraction of sp³-hybridized carbons (Fsp3) is 0.452. The molecule has 2 fully saturated rings. The van der Waals surface area contributed by atoms with Crippen molar-refractivity contribution in [1.29, 1.82) is 0 Å². The minimum Gasteiger partial charge on any atom is -0.462 e. The molecule has 0 radical (unpaired) electrons. The van der Waals surface area contributed by atoms with E-state index in [1.54, 1.807) is 57.8 Å². The van der Waals surface area contributed by atoms with E-state index in [0.29, 0.717) is 51.7 Å². The second kappa shape index (κ2) is 15.5. The summed E-state index contributed by atoms with van der Waals surface area (Å²) in [6.45, 7) is 8.75. The average Bonchev–Trinajstić information content (AvgIpc) is 3.86. The Kier molecular flexibility index (Phi) is 10.8. The molecule has 2 aliphatic heterocycles. The van der Waals surface area contributed by atoms with Crippen LogP contribution in [0.5, 0.6) is 0 Å². The van der Waals surface area contributed by atoms with Gasteiger partial charge in [0.05, 0.1) is 35.6 Å². The van der Waals surface area contributed by atoms with Crippen LogP contribution in [0.2, 0.25) is 0 Å². The van der Waals surface area contributed by atoms with Gasteiger partial charge in [-0.15, -0.1) is 0 Å². The molecule has 4 aromatic rings. The number of pyridine rings is 3. The number of esters is 1. The molecule has 2 atom stereocenters.